The summed E-state index contributed by atoms with van der Waals surface area (Å²) in [7, 11) is 0. The van der Waals surface area contributed by atoms with Crippen molar-refractivity contribution >= 4 is 74.5 Å². The maximum Gasteiger partial charge on any atom is 0.179 e. The number of benzene rings is 1. The molecule has 0 fully saturated rings. The van der Waals surface area contributed by atoms with Crippen LogP contribution in [-0.4, -0.2) is 0 Å². The molecule has 0 unspecified atom stereocenters. The zero-order valence-corrected chi connectivity index (χ0v) is 12.4. The predicted octanol–water partition coefficient (Wildman–Crippen LogP) is 5.48. The van der Waals surface area contributed by atoms with Crippen molar-refractivity contribution in [1.82, 2.24) is 0 Å². The van der Waals surface area contributed by atoms with Crippen LogP contribution < -0.4 is 0 Å². The molecule has 1 heterocycles. The zero-order chi connectivity index (χ0) is 9.59. The van der Waals surface area contributed by atoms with E-state index in [1.54, 1.807) is 0 Å². The molecule has 68 valence electrons. The van der Waals surface area contributed by atoms with Crippen LogP contribution in [0.2, 0.25) is 0 Å². The summed E-state index contributed by atoms with van der Waals surface area (Å²) in [5.41, 5.74) is 0. The highest BCUT2D eigenvalue weighted by Gasteiger charge is 2.13. The van der Waals surface area contributed by atoms with Gasteiger partial charge < -0.3 is 4.42 Å². The van der Waals surface area contributed by atoms with Crippen molar-refractivity contribution in [2.45, 2.75) is 0 Å². The van der Waals surface area contributed by atoms with E-state index < -0.39 is 0 Å². The first kappa shape index (κ1) is 10.2. The van der Waals surface area contributed by atoms with Crippen LogP contribution in [0.25, 0.3) is 10.8 Å². The van der Waals surface area contributed by atoms with E-state index in [9.17, 15) is 0 Å². The van der Waals surface area contributed by atoms with Crippen molar-refractivity contribution in [3.05, 3.63) is 30.4 Å². The molecule has 2 aromatic rings. The lowest BCUT2D eigenvalue weighted by atomic mass is 10.2. The summed E-state index contributed by atoms with van der Waals surface area (Å²) in [5, 5.41) is 2.07. The van der Waals surface area contributed by atoms with Gasteiger partial charge in [-0.1, -0.05) is 0 Å². The summed E-state index contributed by atoms with van der Waals surface area (Å²) in [6.45, 7) is 0. The Hall–Kier alpha value is 0.680. The van der Waals surface area contributed by atoms with Gasteiger partial charge in [0, 0.05) is 14.3 Å². The highest BCUT2D eigenvalue weighted by Crippen LogP contribution is 2.41. The Bertz CT molecular complexity index is 474. The van der Waals surface area contributed by atoms with E-state index in [0.717, 1.165) is 29.1 Å². The molecular formula is C8H2Br4O. The van der Waals surface area contributed by atoms with Gasteiger partial charge in [-0.3, -0.25) is 0 Å². The Kier molecular flexibility index (Phi) is 2.89. The molecule has 0 saturated heterocycles. The number of furan rings is 1. The Morgan fingerprint density at radius 1 is 0.923 bits per heavy atom. The minimum atomic E-state index is 0.725. The van der Waals surface area contributed by atoms with Gasteiger partial charge in [0.05, 0.1) is 5.39 Å². The predicted molar refractivity (Wildman–Crippen MR) is 67.0 cm³/mol. The van der Waals surface area contributed by atoms with E-state index in [0.29, 0.717) is 0 Å². The SMILES string of the molecule is Brc1ccc2c(Br)oc(Br)c2c1Br. The van der Waals surface area contributed by atoms with Crippen LogP contribution in [0.1, 0.15) is 0 Å². The lowest BCUT2D eigenvalue weighted by Crippen LogP contribution is -1.71. The molecular weight excluding hydrogens is 432 g/mol. The van der Waals surface area contributed by atoms with Gasteiger partial charge in [-0.05, 0) is 75.9 Å². The second kappa shape index (κ2) is 3.68. The first-order valence-electron chi connectivity index (χ1n) is 3.32. The van der Waals surface area contributed by atoms with E-state index >= 15 is 0 Å². The molecule has 0 amide bonds. The summed E-state index contributed by atoms with van der Waals surface area (Å²) in [6.07, 6.45) is 0. The summed E-state index contributed by atoms with van der Waals surface area (Å²) < 4.78 is 8.85. The highest BCUT2D eigenvalue weighted by atomic mass is 79.9. The molecule has 13 heavy (non-hydrogen) atoms. The Morgan fingerprint density at radius 3 is 2.31 bits per heavy atom. The fourth-order valence-corrected chi connectivity index (χ4v) is 3.50. The van der Waals surface area contributed by atoms with Crippen LogP contribution >= 0.6 is 63.7 Å². The van der Waals surface area contributed by atoms with Crippen LogP contribution in [0.5, 0.6) is 0 Å². The first-order chi connectivity index (χ1) is 6.11. The number of fused-ring (bicyclic) bond motifs is 1. The molecule has 0 aliphatic heterocycles. The van der Waals surface area contributed by atoms with Gasteiger partial charge in [0.15, 0.2) is 9.34 Å². The third-order valence-electron chi connectivity index (χ3n) is 1.68. The maximum absolute atomic E-state index is 5.38. The van der Waals surface area contributed by atoms with Crippen molar-refractivity contribution in [3.63, 3.8) is 0 Å². The zero-order valence-electron chi connectivity index (χ0n) is 6.07. The average Bonchev–Trinajstić information content (AvgIpc) is 2.35. The fourth-order valence-electron chi connectivity index (χ4n) is 1.09. The second-order valence-corrected chi connectivity index (χ2v) is 5.52. The number of halogens is 4. The number of rotatable bonds is 0. The van der Waals surface area contributed by atoms with Crippen molar-refractivity contribution in [2.75, 3.05) is 0 Å². The topological polar surface area (TPSA) is 13.1 Å². The van der Waals surface area contributed by atoms with Crippen LogP contribution in [0.3, 0.4) is 0 Å². The van der Waals surface area contributed by atoms with E-state index in [1.807, 2.05) is 12.1 Å². The van der Waals surface area contributed by atoms with E-state index in [4.69, 9.17) is 4.42 Å². The van der Waals surface area contributed by atoms with Gasteiger partial charge in [0.1, 0.15) is 0 Å². The molecule has 0 atom stereocenters. The minimum Gasteiger partial charge on any atom is -0.441 e. The number of hydrogen-bond acceptors (Lipinski definition) is 1. The Morgan fingerprint density at radius 2 is 1.62 bits per heavy atom. The molecule has 1 aromatic heterocycles. The molecule has 0 aliphatic rings. The van der Waals surface area contributed by atoms with Gasteiger partial charge in [0.25, 0.3) is 0 Å². The van der Waals surface area contributed by atoms with E-state index in [2.05, 4.69) is 63.7 Å². The Labute approximate surface area is 108 Å². The minimum absolute atomic E-state index is 0.725. The summed E-state index contributed by atoms with van der Waals surface area (Å²) in [6, 6.07) is 3.96. The molecule has 0 saturated carbocycles. The van der Waals surface area contributed by atoms with Crippen LogP contribution in [0.15, 0.2) is 34.8 Å². The highest BCUT2D eigenvalue weighted by molar-refractivity contribution is 9.13. The van der Waals surface area contributed by atoms with Gasteiger partial charge in [0.2, 0.25) is 0 Å². The normalized spacial score (nSPS) is 11.1. The molecule has 0 radical (unpaired) electrons. The summed E-state index contributed by atoms with van der Waals surface area (Å²) in [4.78, 5) is 0. The molecule has 0 bridgehead atoms. The lowest BCUT2D eigenvalue weighted by molar-refractivity contribution is 0.522. The second-order valence-electron chi connectivity index (χ2n) is 2.43. The van der Waals surface area contributed by atoms with E-state index in [1.165, 1.54) is 0 Å². The third kappa shape index (κ3) is 1.64. The molecule has 0 spiro atoms. The molecule has 0 aliphatic carbocycles. The monoisotopic (exact) mass is 430 g/mol. The maximum atomic E-state index is 5.38. The summed E-state index contributed by atoms with van der Waals surface area (Å²) >= 11 is 13.6. The van der Waals surface area contributed by atoms with Crippen molar-refractivity contribution in [1.29, 1.82) is 0 Å². The lowest BCUT2D eigenvalue weighted by Gasteiger charge is -1.96. The average molecular weight is 434 g/mol. The fraction of sp³-hybridized carbons (Fsp3) is 0. The van der Waals surface area contributed by atoms with Crippen molar-refractivity contribution in [2.24, 2.45) is 0 Å². The van der Waals surface area contributed by atoms with Gasteiger partial charge >= 0.3 is 0 Å². The third-order valence-corrected chi connectivity index (χ3v) is 4.85. The van der Waals surface area contributed by atoms with E-state index in [-0.39, 0.29) is 0 Å². The van der Waals surface area contributed by atoms with Gasteiger partial charge in [-0.2, -0.15) is 0 Å². The van der Waals surface area contributed by atoms with Gasteiger partial charge in [-0.15, -0.1) is 0 Å². The number of hydrogen-bond donors (Lipinski definition) is 0. The van der Waals surface area contributed by atoms with Gasteiger partial charge in [-0.25, -0.2) is 0 Å². The standard InChI is InChI=1S/C8H2Br4O/c9-4-2-1-3-5(6(4)10)8(12)13-7(3)11/h1-2H. The molecule has 0 N–H and O–H groups in total. The molecule has 5 heteroatoms. The summed E-state index contributed by atoms with van der Waals surface area (Å²) in [5.74, 6) is 0. The van der Waals surface area contributed by atoms with Crippen LogP contribution in [0.4, 0.5) is 0 Å². The molecule has 2 rings (SSSR count). The molecule has 1 aromatic carbocycles. The first-order valence-corrected chi connectivity index (χ1v) is 6.50. The van der Waals surface area contributed by atoms with Crippen molar-refractivity contribution < 1.29 is 4.42 Å². The molecule has 1 nitrogen and oxygen atoms in total. The largest absolute Gasteiger partial charge is 0.441 e. The van der Waals surface area contributed by atoms with Crippen molar-refractivity contribution in [3.8, 4) is 0 Å². The van der Waals surface area contributed by atoms with Crippen LogP contribution in [-0.2, 0) is 0 Å². The smallest absolute Gasteiger partial charge is 0.179 e. The quantitative estimate of drug-likeness (QED) is 0.536. The van der Waals surface area contributed by atoms with Crippen LogP contribution in [0, 0.1) is 0 Å². The Balaban J connectivity index is 2.98.